The summed E-state index contributed by atoms with van der Waals surface area (Å²) < 4.78 is 54.8. The first kappa shape index (κ1) is 23.7. The number of rotatable bonds is 4. The van der Waals surface area contributed by atoms with Gasteiger partial charge in [-0.05, 0) is 43.0 Å². The van der Waals surface area contributed by atoms with E-state index in [-0.39, 0.29) is 11.4 Å². The van der Waals surface area contributed by atoms with Gasteiger partial charge < -0.3 is 29.0 Å². The second-order valence-corrected chi connectivity index (χ2v) is 12.8. The van der Waals surface area contributed by atoms with Crippen LogP contribution < -0.4 is 14.4 Å². The van der Waals surface area contributed by atoms with Gasteiger partial charge in [0.05, 0.1) is 43.1 Å². The number of ether oxygens (including phenoxy) is 4. The summed E-state index contributed by atoms with van der Waals surface area (Å²) in [6.07, 6.45) is 0.928. The van der Waals surface area contributed by atoms with Crippen LogP contribution in [0.2, 0.25) is 0 Å². The third-order valence-electron chi connectivity index (χ3n) is 9.33. The number of piperidine rings is 1. The van der Waals surface area contributed by atoms with Crippen molar-refractivity contribution in [1.82, 2.24) is 4.31 Å². The van der Waals surface area contributed by atoms with Gasteiger partial charge in [-0.1, -0.05) is 18.2 Å². The molecule has 2 aromatic rings. The van der Waals surface area contributed by atoms with Crippen LogP contribution in [0.3, 0.4) is 0 Å². The fourth-order valence-corrected chi connectivity index (χ4v) is 9.77. The average molecular weight is 529 g/mol. The lowest BCUT2D eigenvalue weighted by Crippen LogP contribution is -2.79. The van der Waals surface area contributed by atoms with E-state index in [2.05, 4.69) is 0 Å². The van der Waals surface area contributed by atoms with Gasteiger partial charge >= 0.3 is 0 Å². The molecule has 198 valence electrons. The maximum absolute atomic E-state index is 14.3. The van der Waals surface area contributed by atoms with Crippen LogP contribution in [0.25, 0.3) is 0 Å². The highest BCUT2D eigenvalue weighted by Gasteiger charge is 2.78. The van der Waals surface area contributed by atoms with Gasteiger partial charge in [-0.15, -0.1) is 0 Å². The van der Waals surface area contributed by atoms with Crippen molar-refractivity contribution in [3.63, 3.8) is 0 Å². The minimum absolute atomic E-state index is 0.245. The van der Waals surface area contributed by atoms with Crippen LogP contribution in [0.15, 0.2) is 41.3 Å². The average Bonchev–Trinajstić information content (AvgIpc) is 3.49. The highest BCUT2D eigenvalue weighted by Crippen LogP contribution is 2.68. The summed E-state index contributed by atoms with van der Waals surface area (Å²) >= 11 is 0. The van der Waals surface area contributed by atoms with E-state index in [0.717, 1.165) is 11.1 Å². The minimum atomic E-state index is -3.92. The molecule has 9 nitrogen and oxygen atoms in total. The molecule has 4 atom stereocenters. The lowest BCUT2D eigenvalue weighted by molar-refractivity contribution is -0.292. The molecule has 5 aliphatic rings. The highest BCUT2D eigenvalue weighted by atomic mass is 32.2. The SMILES string of the molecule is COc1ccc2c3c1O[C@H]1C4(CC[C@@]5(O)[C@@H](C2)N(S(=O)(=O)c2ccccc2N(C)C)CCC315)OCCO4. The summed E-state index contributed by atoms with van der Waals surface area (Å²) in [7, 11) is 1.36. The first-order valence-corrected chi connectivity index (χ1v) is 14.3. The molecule has 1 N–H and O–H groups in total. The van der Waals surface area contributed by atoms with Gasteiger partial charge in [-0.25, -0.2) is 8.42 Å². The largest absolute Gasteiger partial charge is 0.493 e. The zero-order chi connectivity index (χ0) is 25.8. The third-order valence-corrected chi connectivity index (χ3v) is 11.3. The maximum Gasteiger partial charge on any atom is 0.245 e. The molecule has 0 radical (unpaired) electrons. The van der Waals surface area contributed by atoms with Crippen LogP contribution in [0.5, 0.6) is 11.5 Å². The minimum Gasteiger partial charge on any atom is -0.493 e. The molecular formula is C27H32N2O7S. The Morgan fingerprint density at radius 1 is 1.08 bits per heavy atom. The van der Waals surface area contributed by atoms with Crippen LogP contribution in [0, 0.1) is 0 Å². The molecule has 1 unspecified atom stereocenters. The number of aliphatic hydroxyl groups is 1. The Labute approximate surface area is 216 Å². The first-order valence-electron chi connectivity index (χ1n) is 12.9. The zero-order valence-corrected chi connectivity index (χ0v) is 22.1. The molecule has 2 aromatic carbocycles. The molecule has 0 aromatic heterocycles. The zero-order valence-electron chi connectivity index (χ0n) is 21.3. The number of anilines is 1. The third kappa shape index (κ3) is 2.75. The van der Waals surface area contributed by atoms with Crippen molar-refractivity contribution in [1.29, 1.82) is 0 Å². The van der Waals surface area contributed by atoms with Gasteiger partial charge in [0.1, 0.15) is 4.90 Å². The predicted molar refractivity (Wildman–Crippen MR) is 135 cm³/mol. The Bertz CT molecular complexity index is 1390. The van der Waals surface area contributed by atoms with Crippen molar-refractivity contribution in [3.8, 4) is 11.5 Å². The number of fused-ring (bicyclic) bond motifs is 1. The van der Waals surface area contributed by atoms with Crippen molar-refractivity contribution >= 4 is 15.7 Å². The molecule has 2 saturated heterocycles. The predicted octanol–water partition coefficient (Wildman–Crippen LogP) is 2.05. The Morgan fingerprint density at radius 3 is 2.57 bits per heavy atom. The van der Waals surface area contributed by atoms with Gasteiger partial charge in [0, 0.05) is 32.6 Å². The van der Waals surface area contributed by atoms with E-state index < -0.39 is 39.0 Å². The fourth-order valence-electron chi connectivity index (χ4n) is 7.84. The van der Waals surface area contributed by atoms with E-state index >= 15 is 0 Å². The monoisotopic (exact) mass is 528 g/mol. The number of methoxy groups -OCH3 is 1. The summed E-state index contributed by atoms with van der Waals surface area (Å²) in [6.45, 7) is 1.17. The standard InChI is InChI=1S/C27H32N2O7S/c1-28(2)18-6-4-5-7-20(18)37(31,32)29-13-12-25-22-17-8-9-19(33-3)23(22)36-24(25)27(34-14-15-35-27)11-10-26(25,30)21(29)16-17/h4-9,21,24,30H,10-16H2,1-3H3/t21-,24-,25?,26-/m1/s1. The molecule has 3 aliphatic heterocycles. The van der Waals surface area contributed by atoms with E-state index in [1.165, 1.54) is 4.31 Å². The van der Waals surface area contributed by atoms with Gasteiger partial charge in [0.25, 0.3) is 0 Å². The Balaban J connectivity index is 1.42. The number of sulfonamides is 1. The van der Waals surface area contributed by atoms with Crippen LogP contribution in [-0.4, -0.2) is 82.3 Å². The first-order chi connectivity index (χ1) is 17.7. The van der Waals surface area contributed by atoms with E-state index in [1.807, 2.05) is 43.3 Å². The summed E-state index contributed by atoms with van der Waals surface area (Å²) in [6, 6.07) is 10.2. The number of hydrogen-bond donors (Lipinski definition) is 1. The lowest BCUT2D eigenvalue weighted by atomic mass is 9.48. The Kier molecular flexibility index (Phi) is 4.87. The van der Waals surface area contributed by atoms with Crippen molar-refractivity contribution in [2.45, 2.75) is 59.5 Å². The summed E-state index contributed by atoms with van der Waals surface area (Å²) in [5, 5.41) is 12.7. The molecule has 10 heteroatoms. The molecule has 37 heavy (non-hydrogen) atoms. The van der Waals surface area contributed by atoms with E-state index in [9.17, 15) is 13.5 Å². The van der Waals surface area contributed by atoms with Crippen LogP contribution in [0.4, 0.5) is 5.69 Å². The molecule has 2 aliphatic carbocycles. The summed E-state index contributed by atoms with van der Waals surface area (Å²) in [5.74, 6) is 0.247. The van der Waals surface area contributed by atoms with E-state index in [0.29, 0.717) is 56.1 Å². The summed E-state index contributed by atoms with van der Waals surface area (Å²) in [4.78, 5) is 2.05. The highest BCUT2D eigenvalue weighted by molar-refractivity contribution is 7.89. The maximum atomic E-state index is 14.3. The summed E-state index contributed by atoms with van der Waals surface area (Å²) in [5.41, 5.74) is 0.296. The van der Waals surface area contributed by atoms with Crippen molar-refractivity contribution < 1.29 is 32.5 Å². The molecule has 1 saturated carbocycles. The van der Waals surface area contributed by atoms with Gasteiger partial charge in [0.2, 0.25) is 15.8 Å². The molecule has 0 amide bonds. The van der Waals surface area contributed by atoms with Crippen molar-refractivity contribution in [2.75, 3.05) is 45.9 Å². The molecule has 2 bridgehead atoms. The quantitative estimate of drug-likeness (QED) is 0.644. The molecular weight excluding hydrogens is 496 g/mol. The second-order valence-electron chi connectivity index (χ2n) is 11.0. The molecule has 2 spiro atoms. The normalized spacial score (nSPS) is 33.2. The van der Waals surface area contributed by atoms with Crippen LogP contribution >= 0.6 is 0 Å². The Hall–Kier alpha value is -2.37. The van der Waals surface area contributed by atoms with Crippen molar-refractivity contribution in [3.05, 3.63) is 47.5 Å². The van der Waals surface area contributed by atoms with E-state index in [4.69, 9.17) is 18.9 Å². The number of benzene rings is 2. The lowest BCUT2D eigenvalue weighted by Gasteiger charge is -2.64. The van der Waals surface area contributed by atoms with E-state index in [1.54, 1.807) is 19.2 Å². The number of nitrogens with zero attached hydrogens (tertiary/aromatic N) is 2. The van der Waals surface area contributed by atoms with Crippen LogP contribution in [-0.2, 0) is 31.3 Å². The molecule has 7 rings (SSSR count). The van der Waals surface area contributed by atoms with Crippen LogP contribution in [0.1, 0.15) is 30.4 Å². The van der Waals surface area contributed by atoms with Gasteiger partial charge in [0.15, 0.2) is 17.6 Å². The number of hydrogen-bond acceptors (Lipinski definition) is 8. The molecule has 3 fully saturated rings. The van der Waals surface area contributed by atoms with Gasteiger partial charge in [-0.3, -0.25) is 0 Å². The fraction of sp³-hybridized carbons (Fsp3) is 0.556. The topological polar surface area (TPSA) is 97.8 Å². The second kappa shape index (κ2) is 7.60. The van der Waals surface area contributed by atoms with Crippen molar-refractivity contribution in [2.24, 2.45) is 0 Å². The smallest absolute Gasteiger partial charge is 0.245 e. The number of para-hydroxylation sites is 1. The Morgan fingerprint density at radius 2 is 1.84 bits per heavy atom. The van der Waals surface area contributed by atoms with Gasteiger partial charge in [-0.2, -0.15) is 4.31 Å². The molecule has 3 heterocycles.